The van der Waals surface area contributed by atoms with Crippen LogP contribution >= 0.6 is 0 Å². The molecule has 0 aliphatic rings. The Labute approximate surface area is 89.5 Å². The lowest BCUT2D eigenvalue weighted by Gasteiger charge is -2.17. The molecule has 0 aromatic carbocycles. The van der Waals surface area contributed by atoms with Crippen LogP contribution in [0.5, 0.6) is 0 Å². The first-order valence-corrected chi connectivity index (χ1v) is 5.20. The van der Waals surface area contributed by atoms with E-state index in [1.54, 1.807) is 0 Å². The minimum absolute atomic E-state index is 0.0429. The van der Waals surface area contributed by atoms with Crippen LogP contribution in [0.1, 0.15) is 33.1 Å². The number of aliphatic hydroxyl groups excluding tert-OH is 1. The van der Waals surface area contributed by atoms with Gasteiger partial charge in [-0.1, -0.05) is 13.8 Å². The van der Waals surface area contributed by atoms with Crippen LogP contribution in [0.2, 0.25) is 0 Å². The molecule has 1 atom stereocenters. The highest BCUT2D eigenvalue weighted by Gasteiger charge is 2.22. The topological polar surface area (TPSA) is 86.6 Å². The number of hydrogen-bond acceptors (Lipinski definition) is 3. The van der Waals surface area contributed by atoms with Crippen molar-refractivity contribution in [3.8, 4) is 0 Å². The number of hydrogen-bond donors (Lipinski definition) is 3. The minimum Gasteiger partial charge on any atom is -0.480 e. The Kier molecular flexibility index (Phi) is 6.70. The van der Waals surface area contributed by atoms with Gasteiger partial charge in [0.15, 0.2) is 0 Å². The molecule has 5 nitrogen and oxygen atoms in total. The zero-order valence-electron chi connectivity index (χ0n) is 9.19. The molecule has 3 N–H and O–H groups in total. The second-order valence-corrected chi connectivity index (χ2v) is 3.43. The molecule has 0 fully saturated rings. The first-order chi connectivity index (χ1) is 7.06. The summed E-state index contributed by atoms with van der Waals surface area (Å²) in [5.41, 5.74) is 0. The largest absolute Gasteiger partial charge is 0.480 e. The maximum atomic E-state index is 11.5. The summed E-state index contributed by atoms with van der Waals surface area (Å²) in [5, 5.41) is 19.8. The molecule has 0 bridgehead atoms. The van der Waals surface area contributed by atoms with Gasteiger partial charge in [-0.3, -0.25) is 4.79 Å². The molecule has 88 valence electrons. The van der Waals surface area contributed by atoms with E-state index < -0.39 is 12.0 Å². The number of carboxylic acid groups (broad SMARTS) is 1. The average molecular weight is 217 g/mol. The second-order valence-electron chi connectivity index (χ2n) is 3.43. The summed E-state index contributed by atoms with van der Waals surface area (Å²) in [4.78, 5) is 22.2. The van der Waals surface area contributed by atoms with Crippen molar-refractivity contribution in [3.05, 3.63) is 0 Å². The van der Waals surface area contributed by atoms with E-state index in [4.69, 9.17) is 10.2 Å². The molecule has 0 aromatic heterocycles. The number of carbonyl (C=O) groups is 2. The van der Waals surface area contributed by atoms with E-state index in [-0.39, 0.29) is 24.9 Å². The molecule has 1 unspecified atom stereocenters. The monoisotopic (exact) mass is 217 g/mol. The Morgan fingerprint density at radius 1 is 1.27 bits per heavy atom. The smallest absolute Gasteiger partial charge is 0.326 e. The fraction of sp³-hybridized carbons (Fsp3) is 0.800. The summed E-state index contributed by atoms with van der Waals surface area (Å²) in [6.07, 6.45) is 1.42. The Morgan fingerprint density at radius 2 is 1.80 bits per heavy atom. The third-order valence-corrected chi connectivity index (χ3v) is 2.39. The van der Waals surface area contributed by atoms with Crippen LogP contribution in [0.4, 0.5) is 0 Å². The molecular formula is C10H19NO4. The third-order valence-electron chi connectivity index (χ3n) is 2.39. The van der Waals surface area contributed by atoms with E-state index >= 15 is 0 Å². The van der Waals surface area contributed by atoms with E-state index in [1.807, 2.05) is 13.8 Å². The van der Waals surface area contributed by atoms with Crippen LogP contribution in [0.25, 0.3) is 0 Å². The number of rotatable bonds is 7. The molecular weight excluding hydrogens is 198 g/mol. The number of nitrogens with one attached hydrogen (secondary N) is 1. The third kappa shape index (κ3) is 4.78. The SMILES string of the molecule is CCC(CC)C(=O)NC(CCO)C(=O)O. The number of aliphatic carboxylic acids is 1. The van der Waals surface area contributed by atoms with Crippen molar-refractivity contribution < 1.29 is 19.8 Å². The quantitative estimate of drug-likeness (QED) is 0.575. The predicted molar refractivity (Wildman–Crippen MR) is 55.3 cm³/mol. The van der Waals surface area contributed by atoms with Crippen LogP contribution in [0.3, 0.4) is 0 Å². The lowest BCUT2D eigenvalue weighted by molar-refractivity contribution is -0.143. The van der Waals surface area contributed by atoms with Gasteiger partial charge in [0.1, 0.15) is 6.04 Å². The Bertz CT molecular complexity index is 213. The van der Waals surface area contributed by atoms with Crippen molar-refractivity contribution in [2.45, 2.75) is 39.2 Å². The van der Waals surface area contributed by atoms with Crippen molar-refractivity contribution >= 4 is 11.9 Å². The first-order valence-electron chi connectivity index (χ1n) is 5.20. The van der Waals surface area contributed by atoms with Crippen molar-refractivity contribution in [3.63, 3.8) is 0 Å². The van der Waals surface area contributed by atoms with Crippen molar-refractivity contribution in [2.24, 2.45) is 5.92 Å². The molecule has 0 saturated heterocycles. The average Bonchev–Trinajstić information content (AvgIpc) is 2.18. The Morgan fingerprint density at radius 3 is 2.13 bits per heavy atom. The molecule has 0 rings (SSSR count). The minimum atomic E-state index is -1.11. The number of carbonyl (C=O) groups excluding carboxylic acids is 1. The summed E-state index contributed by atoms with van der Waals surface area (Å²) in [5.74, 6) is -1.50. The lowest BCUT2D eigenvalue weighted by atomic mass is 10.0. The number of carboxylic acids is 1. The summed E-state index contributed by atoms with van der Waals surface area (Å²) < 4.78 is 0. The van der Waals surface area contributed by atoms with Gasteiger partial charge in [0, 0.05) is 18.9 Å². The number of aliphatic hydroxyl groups is 1. The highest BCUT2D eigenvalue weighted by molar-refractivity contribution is 5.84. The maximum Gasteiger partial charge on any atom is 0.326 e. The molecule has 0 aliphatic carbocycles. The molecule has 0 aliphatic heterocycles. The van der Waals surface area contributed by atoms with Crippen LogP contribution in [-0.4, -0.2) is 34.7 Å². The van der Waals surface area contributed by atoms with E-state index in [0.717, 1.165) is 0 Å². The fourth-order valence-corrected chi connectivity index (χ4v) is 1.34. The molecule has 0 radical (unpaired) electrons. The van der Waals surface area contributed by atoms with E-state index in [2.05, 4.69) is 5.32 Å². The summed E-state index contributed by atoms with van der Waals surface area (Å²) in [7, 11) is 0. The highest BCUT2D eigenvalue weighted by Crippen LogP contribution is 2.08. The molecule has 0 heterocycles. The maximum absolute atomic E-state index is 11.5. The second kappa shape index (κ2) is 7.23. The zero-order valence-corrected chi connectivity index (χ0v) is 9.19. The molecule has 0 saturated carbocycles. The van der Waals surface area contributed by atoms with Crippen LogP contribution in [0.15, 0.2) is 0 Å². The van der Waals surface area contributed by atoms with Gasteiger partial charge >= 0.3 is 5.97 Å². The fourth-order valence-electron chi connectivity index (χ4n) is 1.34. The van der Waals surface area contributed by atoms with E-state index in [0.29, 0.717) is 12.8 Å². The van der Waals surface area contributed by atoms with Gasteiger partial charge < -0.3 is 15.5 Å². The van der Waals surface area contributed by atoms with Crippen LogP contribution in [0, 0.1) is 5.92 Å². The number of amides is 1. The molecule has 0 spiro atoms. The van der Waals surface area contributed by atoms with Crippen molar-refractivity contribution in [1.29, 1.82) is 0 Å². The van der Waals surface area contributed by atoms with Crippen LogP contribution < -0.4 is 5.32 Å². The van der Waals surface area contributed by atoms with E-state index in [9.17, 15) is 9.59 Å². The highest BCUT2D eigenvalue weighted by atomic mass is 16.4. The summed E-state index contributed by atoms with van der Waals surface area (Å²) >= 11 is 0. The summed E-state index contributed by atoms with van der Waals surface area (Å²) in [6, 6.07) is -0.983. The van der Waals surface area contributed by atoms with Gasteiger partial charge in [0.2, 0.25) is 5.91 Å². The van der Waals surface area contributed by atoms with Gasteiger partial charge in [-0.15, -0.1) is 0 Å². The van der Waals surface area contributed by atoms with Gasteiger partial charge in [-0.25, -0.2) is 4.79 Å². The summed E-state index contributed by atoms with van der Waals surface area (Å²) in [6.45, 7) is 3.52. The van der Waals surface area contributed by atoms with Gasteiger partial charge in [-0.05, 0) is 12.8 Å². The lowest BCUT2D eigenvalue weighted by Crippen LogP contribution is -2.44. The zero-order chi connectivity index (χ0) is 11.8. The molecule has 15 heavy (non-hydrogen) atoms. The first kappa shape index (κ1) is 13.9. The van der Waals surface area contributed by atoms with Crippen molar-refractivity contribution in [1.82, 2.24) is 5.32 Å². The van der Waals surface area contributed by atoms with Crippen LogP contribution in [-0.2, 0) is 9.59 Å². The standard InChI is InChI=1S/C10H19NO4/c1-3-7(4-2)9(13)11-8(5-6-12)10(14)15/h7-8,12H,3-6H2,1-2H3,(H,11,13)(H,14,15). The van der Waals surface area contributed by atoms with Gasteiger partial charge in [0.05, 0.1) is 0 Å². The normalized spacial score (nSPS) is 12.5. The Hall–Kier alpha value is -1.10. The van der Waals surface area contributed by atoms with Crippen molar-refractivity contribution in [2.75, 3.05) is 6.61 Å². The van der Waals surface area contributed by atoms with E-state index in [1.165, 1.54) is 0 Å². The van der Waals surface area contributed by atoms with Gasteiger partial charge in [-0.2, -0.15) is 0 Å². The molecule has 5 heteroatoms. The molecule has 1 amide bonds. The van der Waals surface area contributed by atoms with Gasteiger partial charge in [0.25, 0.3) is 0 Å². The predicted octanol–water partition coefficient (Wildman–Crippen LogP) is 0.374. The Balaban J connectivity index is 4.27. The molecule has 0 aromatic rings.